The highest BCUT2D eigenvalue weighted by molar-refractivity contribution is 7.92. The molecule has 1 aromatic carbocycles. The van der Waals surface area contributed by atoms with E-state index < -0.39 is 15.9 Å². The lowest BCUT2D eigenvalue weighted by molar-refractivity contribution is -0.116. The summed E-state index contributed by atoms with van der Waals surface area (Å²) in [5, 5.41) is 0. The molecule has 1 amide bonds. The molecule has 0 saturated carbocycles. The van der Waals surface area contributed by atoms with Gasteiger partial charge in [0.15, 0.2) is 0 Å². The number of benzene rings is 1. The summed E-state index contributed by atoms with van der Waals surface area (Å²) in [6.45, 7) is 5.22. The van der Waals surface area contributed by atoms with E-state index in [-0.39, 0.29) is 6.54 Å². The van der Waals surface area contributed by atoms with Crippen molar-refractivity contribution in [3.63, 3.8) is 0 Å². The lowest BCUT2D eigenvalue weighted by atomic mass is 10.1. The highest BCUT2D eigenvalue weighted by Crippen LogP contribution is 2.27. The molecule has 0 unspecified atom stereocenters. The number of carbonyl (C=O) groups is 1. The summed E-state index contributed by atoms with van der Waals surface area (Å²) in [7, 11) is -3.54. The number of primary amides is 1. The zero-order valence-electron chi connectivity index (χ0n) is 11.0. The molecular formula is C12H18N2O3S. The number of hydrogen-bond donors (Lipinski definition) is 1. The molecule has 0 radical (unpaired) electrons. The Balaban J connectivity index is 3.44. The second kappa shape index (κ2) is 4.97. The number of aryl methyl sites for hydroxylation is 3. The molecule has 0 heterocycles. The molecule has 1 rings (SSSR count). The van der Waals surface area contributed by atoms with Crippen molar-refractivity contribution in [2.75, 3.05) is 17.1 Å². The fraction of sp³-hybridized carbons (Fsp3) is 0.417. The van der Waals surface area contributed by atoms with Crippen LogP contribution in [-0.4, -0.2) is 27.1 Å². The van der Waals surface area contributed by atoms with Crippen LogP contribution in [0.1, 0.15) is 16.7 Å². The summed E-state index contributed by atoms with van der Waals surface area (Å²) >= 11 is 0. The van der Waals surface area contributed by atoms with Crippen LogP contribution in [0.25, 0.3) is 0 Å². The molecule has 0 saturated heterocycles. The first-order valence-corrected chi connectivity index (χ1v) is 7.31. The average Bonchev–Trinajstić information content (AvgIpc) is 2.12. The molecule has 1 aromatic rings. The van der Waals surface area contributed by atoms with Crippen molar-refractivity contribution in [1.29, 1.82) is 0 Å². The van der Waals surface area contributed by atoms with E-state index >= 15 is 0 Å². The third kappa shape index (κ3) is 3.22. The van der Waals surface area contributed by atoms with E-state index in [1.807, 2.05) is 32.9 Å². The summed E-state index contributed by atoms with van der Waals surface area (Å²) in [4.78, 5) is 11.0. The molecule has 0 aliphatic rings. The summed E-state index contributed by atoms with van der Waals surface area (Å²) in [5.41, 5.74) is 8.29. The van der Waals surface area contributed by atoms with Crippen LogP contribution in [0.4, 0.5) is 5.69 Å². The molecule has 100 valence electrons. The van der Waals surface area contributed by atoms with E-state index in [4.69, 9.17) is 5.73 Å². The standard InChI is InChI=1S/C12H18N2O3S/c1-8-5-9(2)12(10(3)6-8)14(7-11(13)15)18(4,16)17/h5-6H,7H2,1-4H3,(H2,13,15). The number of hydrogen-bond acceptors (Lipinski definition) is 3. The molecule has 0 aliphatic heterocycles. The number of amides is 1. The molecular weight excluding hydrogens is 252 g/mol. The topological polar surface area (TPSA) is 80.5 Å². The van der Waals surface area contributed by atoms with Crippen molar-refractivity contribution in [2.45, 2.75) is 20.8 Å². The summed E-state index contributed by atoms with van der Waals surface area (Å²) < 4.78 is 24.6. The number of rotatable bonds is 4. The fourth-order valence-corrected chi connectivity index (χ4v) is 3.05. The fourth-order valence-electron chi connectivity index (χ4n) is 2.07. The molecule has 5 nitrogen and oxygen atoms in total. The van der Waals surface area contributed by atoms with Crippen molar-refractivity contribution in [2.24, 2.45) is 5.73 Å². The van der Waals surface area contributed by atoms with Gasteiger partial charge in [0.05, 0.1) is 11.9 Å². The van der Waals surface area contributed by atoms with E-state index in [1.165, 1.54) is 0 Å². The smallest absolute Gasteiger partial charge is 0.238 e. The molecule has 0 bridgehead atoms. The van der Waals surface area contributed by atoms with Crippen molar-refractivity contribution in [3.8, 4) is 0 Å². The van der Waals surface area contributed by atoms with Crippen LogP contribution in [0.5, 0.6) is 0 Å². The largest absolute Gasteiger partial charge is 0.368 e. The van der Waals surface area contributed by atoms with E-state index in [9.17, 15) is 13.2 Å². The maximum atomic E-state index is 11.8. The van der Waals surface area contributed by atoms with Crippen LogP contribution >= 0.6 is 0 Å². The van der Waals surface area contributed by atoms with Gasteiger partial charge in [0.1, 0.15) is 6.54 Å². The van der Waals surface area contributed by atoms with Gasteiger partial charge in [0.2, 0.25) is 15.9 Å². The number of nitrogens with two attached hydrogens (primary N) is 1. The van der Waals surface area contributed by atoms with Crippen LogP contribution in [0.2, 0.25) is 0 Å². The third-order valence-corrected chi connectivity index (χ3v) is 3.70. The lowest BCUT2D eigenvalue weighted by Crippen LogP contribution is -2.38. The van der Waals surface area contributed by atoms with Gasteiger partial charge in [-0.05, 0) is 31.9 Å². The average molecular weight is 270 g/mol. The SMILES string of the molecule is Cc1cc(C)c(N(CC(N)=O)S(C)(=O)=O)c(C)c1. The number of sulfonamides is 1. The van der Waals surface area contributed by atoms with Gasteiger partial charge in [-0.3, -0.25) is 9.10 Å². The number of nitrogens with zero attached hydrogens (tertiary/aromatic N) is 1. The molecule has 0 aliphatic carbocycles. The van der Waals surface area contributed by atoms with Crippen LogP contribution in [-0.2, 0) is 14.8 Å². The number of anilines is 1. The van der Waals surface area contributed by atoms with Gasteiger partial charge in [-0.1, -0.05) is 17.7 Å². The zero-order valence-corrected chi connectivity index (χ0v) is 11.8. The van der Waals surface area contributed by atoms with E-state index in [0.717, 1.165) is 27.3 Å². The molecule has 0 atom stereocenters. The summed E-state index contributed by atoms with van der Waals surface area (Å²) in [5.74, 6) is -0.681. The Morgan fingerprint density at radius 1 is 1.22 bits per heavy atom. The van der Waals surface area contributed by atoms with E-state index in [0.29, 0.717) is 5.69 Å². The quantitative estimate of drug-likeness (QED) is 0.881. The third-order valence-electron chi connectivity index (χ3n) is 2.58. The second-order valence-electron chi connectivity index (χ2n) is 4.48. The van der Waals surface area contributed by atoms with Crippen LogP contribution < -0.4 is 10.0 Å². The Morgan fingerprint density at radius 2 is 1.67 bits per heavy atom. The molecule has 0 aromatic heterocycles. The Bertz CT molecular complexity index is 556. The van der Waals surface area contributed by atoms with Gasteiger partial charge in [0.25, 0.3) is 0 Å². The Labute approximate surface area is 108 Å². The maximum Gasteiger partial charge on any atom is 0.238 e. The Kier molecular flexibility index (Phi) is 4.01. The van der Waals surface area contributed by atoms with Gasteiger partial charge < -0.3 is 5.73 Å². The second-order valence-corrected chi connectivity index (χ2v) is 6.39. The van der Waals surface area contributed by atoms with Crippen LogP contribution in [0.15, 0.2) is 12.1 Å². The Morgan fingerprint density at radius 3 is 2.00 bits per heavy atom. The van der Waals surface area contributed by atoms with Crippen molar-refractivity contribution in [3.05, 3.63) is 28.8 Å². The molecule has 0 fully saturated rings. The van der Waals surface area contributed by atoms with Gasteiger partial charge in [-0.15, -0.1) is 0 Å². The molecule has 2 N–H and O–H groups in total. The van der Waals surface area contributed by atoms with E-state index in [1.54, 1.807) is 0 Å². The lowest BCUT2D eigenvalue weighted by Gasteiger charge is -2.25. The van der Waals surface area contributed by atoms with Crippen molar-refractivity contribution < 1.29 is 13.2 Å². The monoisotopic (exact) mass is 270 g/mol. The van der Waals surface area contributed by atoms with Gasteiger partial charge >= 0.3 is 0 Å². The predicted molar refractivity (Wildman–Crippen MR) is 72.0 cm³/mol. The zero-order chi connectivity index (χ0) is 14.1. The minimum absolute atomic E-state index is 0.344. The first-order chi connectivity index (χ1) is 8.12. The summed E-state index contributed by atoms with van der Waals surface area (Å²) in [6.07, 6.45) is 1.06. The minimum atomic E-state index is -3.54. The van der Waals surface area contributed by atoms with Crippen LogP contribution in [0.3, 0.4) is 0 Å². The Hall–Kier alpha value is -1.56. The van der Waals surface area contributed by atoms with Gasteiger partial charge in [-0.2, -0.15) is 0 Å². The van der Waals surface area contributed by atoms with Crippen molar-refractivity contribution in [1.82, 2.24) is 0 Å². The maximum absolute atomic E-state index is 11.8. The predicted octanol–water partition coefficient (Wildman–Crippen LogP) is 0.863. The molecule has 6 heteroatoms. The van der Waals surface area contributed by atoms with Crippen molar-refractivity contribution >= 4 is 21.6 Å². The normalized spacial score (nSPS) is 11.3. The minimum Gasteiger partial charge on any atom is -0.368 e. The highest BCUT2D eigenvalue weighted by Gasteiger charge is 2.22. The van der Waals surface area contributed by atoms with Gasteiger partial charge in [-0.25, -0.2) is 8.42 Å². The van der Waals surface area contributed by atoms with E-state index in [2.05, 4.69) is 0 Å². The highest BCUT2D eigenvalue weighted by atomic mass is 32.2. The first kappa shape index (κ1) is 14.5. The van der Waals surface area contributed by atoms with Crippen LogP contribution in [0, 0.1) is 20.8 Å². The van der Waals surface area contributed by atoms with Gasteiger partial charge in [0, 0.05) is 0 Å². The molecule has 0 spiro atoms. The first-order valence-electron chi connectivity index (χ1n) is 5.47. The number of carbonyl (C=O) groups excluding carboxylic acids is 1. The molecule has 18 heavy (non-hydrogen) atoms. The summed E-state index contributed by atoms with van der Waals surface area (Å²) in [6, 6.07) is 3.75.